The smallest absolute Gasteiger partial charge is 0.332 e. The van der Waals surface area contributed by atoms with Crippen LogP contribution in [0, 0.1) is 12.7 Å². The van der Waals surface area contributed by atoms with Crippen molar-refractivity contribution in [1.29, 1.82) is 0 Å². The van der Waals surface area contributed by atoms with Crippen LogP contribution in [0.2, 0.25) is 0 Å². The Morgan fingerprint density at radius 2 is 1.66 bits per heavy atom. The van der Waals surface area contributed by atoms with Crippen LogP contribution in [0.3, 0.4) is 0 Å². The molecule has 0 fully saturated rings. The second kappa shape index (κ2) is 10.5. The van der Waals surface area contributed by atoms with Gasteiger partial charge in [-0.2, -0.15) is 0 Å². The molecule has 4 rings (SSSR count). The van der Waals surface area contributed by atoms with E-state index in [1.54, 1.807) is 11.4 Å². The minimum absolute atomic E-state index is 0.150. The first-order valence-corrected chi connectivity index (χ1v) is 11.8. The molecule has 0 aliphatic carbocycles. The molecule has 2 amide bonds. The Labute approximate surface area is 203 Å². The summed E-state index contributed by atoms with van der Waals surface area (Å²) in [7, 11) is 0. The quantitative estimate of drug-likeness (QED) is 0.393. The molecule has 2 heterocycles. The number of amides is 2. The van der Waals surface area contributed by atoms with E-state index in [4.69, 9.17) is 0 Å². The van der Waals surface area contributed by atoms with E-state index in [0.29, 0.717) is 22.4 Å². The van der Waals surface area contributed by atoms with Crippen LogP contribution in [0.5, 0.6) is 0 Å². The maximum absolute atomic E-state index is 13.1. The molecule has 0 bridgehead atoms. The van der Waals surface area contributed by atoms with Gasteiger partial charge in [-0.15, -0.1) is 11.3 Å². The van der Waals surface area contributed by atoms with E-state index >= 15 is 0 Å². The highest BCUT2D eigenvalue weighted by Gasteiger charge is 2.17. The van der Waals surface area contributed by atoms with Gasteiger partial charge in [0.05, 0.1) is 5.52 Å². The van der Waals surface area contributed by atoms with E-state index in [1.165, 1.54) is 40.2 Å². The molecular weight excluding hydrogens is 471 g/mol. The van der Waals surface area contributed by atoms with Crippen molar-refractivity contribution < 1.29 is 14.0 Å². The lowest BCUT2D eigenvalue weighted by molar-refractivity contribution is -0.122. The summed E-state index contributed by atoms with van der Waals surface area (Å²) in [4.78, 5) is 50.9. The van der Waals surface area contributed by atoms with Crippen molar-refractivity contribution >= 4 is 39.1 Å². The van der Waals surface area contributed by atoms with Gasteiger partial charge < -0.3 is 10.6 Å². The van der Waals surface area contributed by atoms with Gasteiger partial charge in [0.15, 0.2) is 0 Å². The first kappa shape index (κ1) is 24.1. The Bertz CT molecular complexity index is 1490. The Morgan fingerprint density at radius 1 is 0.943 bits per heavy atom. The molecule has 8 nitrogen and oxygen atoms in total. The maximum Gasteiger partial charge on any atom is 0.332 e. The van der Waals surface area contributed by atoms with Crippen molar-refractivity contribution in [2.75, 3.05) is 5.32 Å². The summed E-state index contributed by atoms with van der Waals surface area (Å²) in [6, 6.07) is 14.6. The van der Waals surface area contributed by atoms with Crippen molar-refractivity contribution in [2.24, 2.45) is 0 Å². The summed E-state index contributed by atoms with van der Waals surface area (Å²) in [6.07, 6.45) is -0.150. The van der Waals surface area contributed by atoms with Gasteiger partial charge in [0, 0.05) is 25.2 Å². The van der Waals surface area contributed by atoms with Gasteiger partial charge in [0.2, 0.25) is 11.8 Å². The number of nitrogens with one attached hydrogen (secondary N) is 2. The molecule has 2 aromatic heterocycles. The molecule has 4 aromatic rings. The molecule has 0 saturated heterocycles. The van der Waals surface area contributed by atoms with Crippen LogP contribution in [0.4, 0.5) is 10.1 Å². The molecule has 0 spiro atoms. The van der Waals surface area contributed by atoms with Gasteiger partial charge in [0.25, 0.3) is 5.56 Å². The SMILES string of the molecule is Cc1ccc(CNC(=O)Cn2c(=O)n(CCC(=O)Nc3ccc(F)cc3)c(=O)c3sccc32)cc1. The highest BCUT2D eigenvalue weighted by Crippen LogP contribution is 2.15. The normalized spacial score (nSPS) is 10.9. The van der Waals surface area contributed by atoms with E-state index in [-0.39, 0.29) is 25.4 Å². The lowest BCUT2D eigenvalue weighted by atomic mass is 10.1. The summed E-state index contributed by atoms with van der Waals surface area (Å²) in [5.74, 6) is -1.24. The van der Waals surface area contributed by atoms with Crippen molar-refractivity contribution in [3.63, 3.8) is 0 Å². The Morgan fingerprint density at radius 3 is 2.37 bits per heavy atom. The molecule has 10 heteroatoms. The number of aromatic nitrogens is 2. The molecular formula is C25H23FN4O4S. The van der Waals surface area contributed by atoms with Crippen LogP contribution in [0.15, 0.2) is 69.6 Å². The third-order valence-corrected chi connectivity index (χ3v) is 6.33. The molecule has 180 valence electrons. The minimum atomic E-state index is -0.666. The van der Waals surface area contributed by atoms with Crippen molar-refractivity contribution in [3.8, 4) is 0 Å². The van der Waals surface area contributed by atoms with Gasteiger partial charge in [-0.3, -0.25) is 23.5 Å². The second-order valence-corrected chi connectivity index (χ2v) is 8.94. The fourth-order valence-corrected chi connectivity index (χ4v) is 4.40. The Kier molecular flexibility index (Phi) is 7.21. The zero-order valence-corrected chi connectivity index (χ0v) is 19.7. The average molecular weight is 495 g/mol. The topological polar surface area (TPSA) is 102 Å². The molecule has 0 aliphatic heterocycles. The number of thiophene rings is 1. The van der Waals surface area contributed by atoms with Gasteiger partial charge in [-0.25, -0.2) is 9.18 Å². The van der Waals surface area contributed by atoms with E-state index in [2.05, 4.69) is 10.6 Å². The number of anilines is 1. The fourth-order valence-electron chi connectivity index (χ4n) is 3.56. The van der Waals surface area contributed by atoms with Crippen LogP contribution in [0.1, 0.15) is 17.5 Å². The maximum atomic E-state index is 13.1. The molecule has 0 saturated carbocycles. The number of fused-ring (bicyclic) bond motifs is 1. The summed E-state index contributed by atoms with van der Waals surface area (Å²) >= 11 is 1.17. The van der Waals surface area contributed by atoms with Crippen molar-refractivity contribution in [1.82, 2.24) is 14.5 Å². The first-order chi connectivity index (χ1) is 16.8. The lowest BCUT2D eigenvalue weighted by Crippen LogP contribution is -2.42. The number of carbonyl (C=O) groups excluding carboxylic acids is 2. The highest BCUT2D eigenvalue weighted by atomic mass is 32.1. The number of hydrogen-bond acceptors (Lipinski definition) is 5. The van der Waals surface area contributed by atoms with Crippen LogP contribution in [-0.2, 0) is 29.2 Å². The third kappa shape index (κ3) is 5.72. The largest absolute Gasteiger partial charge is 0.350 e. The lowest BCUT2D eigenvalue weighted by Gasteiger charge is -2.13. The van der Waals surface area contributed by atoms with E-state index < -0.39 is 23.0 Å². The molecule has 2 N–H and O–H groups in total. The summed E-state index contributed by atoms with van der Waals surface area (Å²) in [6.45, 7) is 1.86. The minimum Gasteiger partial charge on any atom is -0.350 e. The van der Waals surface area contributed by atoms with Gasteiger partial charge >= 0.3 is 5.69 Å². The van der Waals surface area contributed by atoms with Crippen LogP contribution >= 0.6 is 11.3 Å². The number of carbonyl (C=O) groups is 2. The number of aryl methyl sites for hydroxylation is 1. The van der Waals surface area contributed by atoms with Gasteiger partial charge in [-0.1, -0.05) is 29.8 Å². The van der Waals surface area contributed by atoms with Crippen molar-refractivity contribution in [3.05, 3.63) is 97.8 Å². The molecule has 0 unspecified atom stereocenters. The molecule has 35 heavy (non-hydrogen) atoms. The summed E-state index contributed by atoms with van der Waals surface area (Å²) < 4.78 is 15.6. The molecule has 0 aliphatic rings. The van der Waals surface area contributed by atoms with E-state index in [9.17, 15) is 23.6 Å². The average Bonchev–Trinajstić information content (AvgIpc) is 3.33. The third-order valence-electron chi connectivity index (χ3n) is 5.44. The number of hydrogen-bond donors (Lipinski definition) is 2. The number of nitrogens with zero attached hydrogens (tertiary/aromatic N) is 2. The summed E-state index contributed by atoms with van der Waals surface area (Å²) in [5.41, 5.74) is 1.64. The zero-order chi connectivity index (χ0) is 24.9. The standard InChI is InChI=1S/C25H23FN4O4S/c1-16-2-4-17(5-3-16)14-27-22(32)15-30-20-11-13-35-23(20)24(33)29(25(30)34)12-10-21(31)28-19-8-6-18(26)7-9-19/h2-9,11,13H,10,12,14-15H2,1H3,(H,27,32)(H,28,31). The van der Waals surface area contributed by atoms with Gasteiger partial charge in [-0.05, 0) is 48.2 Å². The Hall–Kier alpha value is -4.05. The fraction of sp³-hybridized carbons (Fsp3) is 0.200. The molecule has 0 atom stereocenters. The number of halogens is 1. The van der Waals surface area contributed by atoms with E-state index in [0.717, 1.165) is 15.7 Å². The molecule has 2 aromatic carbocycles. The van der Waals surface area contributed by atoms with Gasteiger partial charge in [0.1, 0.15) is 17.1 Å². The zero-order valence-electron chi connectivity index (χ0n) is 18.9. The monoisotopic (exact) mass is 494 g/mol. The van der Waals surface area contributed by atoms with Crippen LogP contribution in [0.25, 0.3) is 10.2 Å². The first-order valence-electron chi connectivity index (χ1n) is 10.9. The van der Waals surface area contributed by atoms with Crippen molar-refractivity contribution in [2.45, 2.75) is 33.0 Å². The molecule has 0 radical (unpaired) electrons. The van der Waals surface area contributed by atoms with Crippen LogP contribution < -0.4 is 21.9 Å². The Balaban J connectivity index is 1.49. The predicted octanol–water partition coefficient (Wildman–Crippen LogP) is 3.02. The summed E-state index contributed by atoms with van der Waals surface area (Å²) in [5, 5.41) is 7.07. The van der Waals surface area contributed by atoms with E-state index in [1.807, 2.05) is 31.2 Å². The predicted molar refractivity (Wildman–Crippen MR) is 133 cm³/mol. The number of rotatable bonds is 8. The number of benzene rings is 2. The second-order valence-electron chi connectivity index (χ2n) is 8.03. The van der Waals surface area contributed by atoms with Crippen LogP contribution in [-0.4, -0.2) is 20.9 Å². The highest BCUT2D eigenvalue weighted by molar-refractivity contribution is 7.17.